The average molecular weight is 291 g/mol. The van der Waals surface area contributed by atoms with Gasteiger partial charge in [0.15, 0.2) is 0 Å². The van der Waals surface area contributed by atoms with Gasteiger partial charge >= 0.3 is 0 Å². The van der Waals surface area contributed by atoms with Crippen LogP contribution in [0.2, 0.25) is 0 Å². The normalized spacial score (nSPS) is 26.6. The Morgan fingerprint density at radius 2 is 2.00 bits per heavy atom. The number of carbonyl (C=O) groups is 1. The fourth-order valence-electron chi connectivity index (χ4n) is 3.85. The lowest BCUT2D eigenvalue weighted by atomic mass is 10.0. The van der Waals surface area contributed by atoms with Gasteiger partial charge in [-0.1, -0.05) is 6.92 Å². The first-order chi connectivity index (χ1) is 10.3. The third-order valence-electron chi connectivity index (χ3n) is 4.86. The van der Waals surface area contributed by atoms with Gasteiger partial charge in [-0.15, -0.1) is 0 Å². The fraction of sp³-hybridized carbons (Fsp3) is 0.800. The number of hydrogen-bond donors (Lipinski definition) is 0. The minimum Gasteiger partial charge on any atom is -0.338 e. The van der Waals surface area contributed by atoms with Crippen molar-refractivity contribution in [1.82, 2.24) is 24.6 Å². The lowest BCUT2D eigenvalue weighted by molar-refractivity contribution is -0.132. The molecule has 3 rings (SSSR count). The standard InChI is InChI=1S/C15H25N5O/c1-2-15(21)20-8-4-6-14(20)13-5-3-7-18(13)9-10-19-12-16-11-17-19/h11-14H,2-10H2,1H3/t13-,14-/m0/s1. The van der Waals surface area contributed by atoms with Crippen molar-refractivity contribution in [2.24, 2.45) is 0 Å². The fourth-order valence-corrected chi connectivity index (χ4v) is 3.85. The minimum absolute atomic E-state index is 0.320. The Labute approximate surface area is 126 Å². The van der Waals surface area contributed by atoms with E-state index in [1.54, 1.807) is 12.7 Å². The number of hydrogen-bond acceptors (Lipinski definition) is 4. The molecule has 116 valence electrons. The Bertz CT molecular complexity index is 461. The van der Waals surface area contributed by atoms with Crippen LogP contribution in [0.4, 0.5) is 0 Å². The van der Waals surface area contributed by atoms with E-state index >= 15 is 0 Å². The van der Waals surface area contributed by atoms with E-state index in [1.165, 1.54) is 12.8 Å². The molecule has 0 aliphatic carbocycles. The highest BCUT2D eigenvalue weighted by Gasteiger charge is 2.38. The first-order valence-electron chi connectivity index (χ1n) is 8.15. The predicted molar refractivity (Wildman–Crippen MR) is 79.6 cm³/mol. The Hall–Kier alpha value is -1.43. The van der Waals surface area contributed by atoms with Crippen molar-refractivity contribution in [3.8, 4) is 0 Å². The summed E-state index contributed by atoms with van der Waals surface area (Å²) in [4.78, 5) is 20.8. The molecule has 1 aromatic heterocycles. The zero-order valence-electron chi connectivity index (χ0n) is 12.8. The van der Waals surface area contributed by atoms with Gasteiger partial charge in [0.1, 0.15) is 12.7 Å². The molecule has 2 aliphatic heterocycles. The molecule has 2 saturated heterocycles. The maximum Gasteiger partial charge on any atom is 0.222 e. The second-order valence-electron chi connectivity index (χ2n) is 6.05. The van der Waals surface area contributed by atoms with E-state index in [1.807, 2.05) is 11.6 Å². The summed E-state index contributed by atoms with van der Waals surface area (Å²) in [6, 6.07) is 0.960. The number of amides is 1. The predicted octanol–water partition coefficient (Wildman–Crippen LogP) is 1.14. The molecule has 3 heterocycles. The molecule has 1 amide bonds. The lowest BCUT2D eigenvalue weighted by Gasteiger charge is -2.35. The number of nitrogens with zero attached hydrogens (tertiary/aromatic N) is 5. The highest BCUT2D eigenvalue weighted by molar-refractivity contribution is 5.76. The van der Waals surface area contributed by atoms with Crippen LogP contribution in [0.15, 0.2) is 12.7 Å². The Kier molecular flexibility index (Phi) is 4.53. The zero-order chi connectivity index (χ0) is 14.7. The van der Waals surface area contributed by atoms with Crippen LogP contribution in [0, 0.1) is 0 Å². The molecule has 0 aromatic carbocycles. The SMILES string of the molecule is CCC(=O)N1CCC[C@H]1[C@@H]1CCCN1CCn1cncn1. The van der Waals surface area contributed by atoms with Crippen LogP contribution in [-0.2, 0) is 11.3 Å². The van der Waals surface area contributed by atoms with Gasteiger partial charge in [-0.05, 0) is 32.2 Å². The van der Waals surface area contributed by atoms with Crippen LogP contribution >= 0.6 is 0 Å². The Morgan fingerprint density at radius 1 is 1.19 bits per heavy atom. The van der Waals surface area contributed by atoms with Gasteiger partial charge in [-0.2, -0.15) is 5.10 Å². The molecule has 6 nitrogen and oxygen atoms in total. The van der Waals surface area contributed by atoms with Crippen LogP contribution < -0.4 is 0 Å². The van der Waals surface area contributed by atoms with Gasteiger partial charge in [0.05, 0.1) is 6.54 Å². The summed E-state index contributed by atoms with van der Waals surface area (Å²) in [5.41, 5.74) is 0. The molecule has 2 aliphatic rings. The molecule has 0 N–H and O–H groups in total. The molecule has 1 aromatic rings. The molecule has 0 bridgehead atoms. The van der Waals surface area contributed by atoms with Gasteiger partial charge in [-0.3, -0.25) is 14.4 Å². The van der Waals surface area contributed by atoms with Crippen molar-refractivity contribution in [3.63, 3.8) is 0 Å². The number of carbonyl (C=O) groups excluding carboxylic acids is 1. The average Bonchev–Trinajstić information content (AvgIpc) is 3.22. The lowest BCUT2D eigenvalue weighted by Crippen LogP contribution is -2.48. The van der Waals surface area contributed by atoms with Crippen LogP contribution in [0.25, 0.3) is 0 Å². The molecule has 2 atom stereocenters. The Morgan fingerprint density at radius 3 is 2.76 bits per heavy atom. The molecular formula is C15H25N5O. The molecule has 2 fully saturated rings. The largest absolute Gasteiger partial charge is 0.338 e. The topological polar surface area (TPSA) is 54.3 Å². The van der Waals surface area contributed by atoms with E-state index < -0.39 is 0 Å². The third-order valence-corrected chi connectivity index (χ3v) is 4.86. The highest BCUT2D eigenvalue weighted by atomic mass is 16.2. The summed E-state index contributed by atoms with van der Waals surface area (Å²) in [6.07, 6.45) is 8.76. The first kappa shape index (κ1) is 14.5. The van der Waals surface area contributed by atoms with Crippen molar-refractivity contribution in [2.45, 2.75) is 57.7 Å². The number of rotatable bonds is 5. The number of likely N-dealkylation sites (tertiary alicyclic amines) is 2. The van der Waals surface area contributed by atoms with Crippen LogP contribution in [0.5, 0.6) is 0 Å². The van der Waals surface area contributed by atoms with E-state index in [2.05, 4.69) is 19.9 Å². The summed E-state index contributed by atoms with van der Waals surface area (Å²) >= 11 is 0. The summed E-state index contributed by atoms with van der Waals surface area (Å²) in [5.74, 6) is 0.320. The van der Waals surface area contributed by atoms with E-state index in [-0.39, 0.29) is 0 Å². The summed E-state index contributed by atoms with van der Waals surface area (Å²) < 4.78 is 1.89. The van der Waals surface area contributed by atoms with Gasteiger partial charge in [-0.25, -0.2) is 4.98 Å². The van der Waals surface area contributed by atoms with E-state index in [4.69, 9.17) is 0 Å². The van der Waals surface area contributed by atoms with Crippen molar-refractivity contribution in [2.75, 3.05) is 19.6 Å². The van der Waals surface area contributed by atoms with Gasteiger partial charge in [0.2, 0.25) is 5.91 Å². The summed E-state index contributed by atoms with van der Waals surface area (Å²) in [5, 5.41) is 4.17. The van der Waals surface area contributed by atoms with Crippen molar-refractivity contribution in [1.29, 1.82) is 0 Å². The monoisotopic (exact) mass is 291 g/mol. The van der Waals surface area contributed by atoms with E-state index in [9.17, 15) is 4.79 Å². The van der Waals surface area contributed by atoms with Gasteiger partial charge < -0.3 is 4.90 Å². The molecule has 0 spiro atoms. The van der Waals surface area contributed by atoms with Gasteiger partial charge in [0.25, 0.3) is 0 Å². The summed E-state index contributed by atoms with van der Waals surface area (Å²) in [6.45, 7) is 5.94. The first-order valence-corrected chi connectivity index (χ1v) is 8.15. The van der Waals surface area contributed by atoms with Crippen molar-refractivity contribution < 1.29 is 4.79 Å². The molecular weight excluding hydrogens is 266 g/mol. The maximum absolute atomic E-state index is 12.1. The summed E-state index contributed by atoms with van der Waals surface area (Å²) in [7, 11) is 0. The smallest absolute Gasteiger partial charge is 0.222 e. The minimum atomic E-state index is 0.320. The van der Waals surface area contributed by atoms with Crippen LogP contribution in [0.3, 0.4) is 0 Å². The highest BCUT2D eigenvalue weighted by Crippen LogP contribution is 2.30. The number of aromatic nitrogens is 3. The maximum atomic E-state index is 12.1. The molecule has 21 heavy (non-hydrogen) atoms. The second kappa shape index (κ2) is 6.56. The third kappa shape index (κ3) is 3.10. The Balaban J connectivity index is 1.61. The molecule has 0 unspecified atom stereocenters. The quantitative estimate of drug-likeness (QED) is 0.816. The zero-order valence-corrected chi connectivity index (χ0v) is 12.8. The molecule has 0 saturated carbocycles. The van der Waals surface area contributed by atoms with Crippen molar-refractivity contribution >= 4 is 5.91 Å². The van der Waals surface area contributed by atoms with E-state index in [0.29, 0.717) is 24.4 Å². The van der Waals surface area contributed by atoms with Crippen LogP contribution in [0.1, 0.15) is 39.0 Å². The van der Waals surface area contributed by atoms with Gasteiger partial charge in [0, 0.05) is 31.6 Å². The van der Waals surface area contributed by atoms with Crippen LogP contribution in [-0.4, -0.2) is 62.2 Å². The molecule has 6 heteroatoms. The van der Waals surface area contributed by atoms with E-state index in [0.717, 1.165) is 39.0 Å². The second-order valence-corrected chi connectivity index (χ2v) is 6.05. The molecule has 0 radical (unpaired) electrons. The van der Waals surface area contributed by atoms with Crippen molar-refractivity contribution in [3.05, 3.63) is 12.7 Å².